The first-order valence-electron chi connectivity index (χ1n) is 21.2. The van der Waals surface area contributed by atoms with Crippen molar-refractivity contribution < 1.29 is 14.2 Å². The molecule has 3 heteroatoms. The molecular weight excluding hydrogens is 576 g/mol. The smallest absolute Gasteiger partial charge is 0.104 e. The molecule has 0 aliphatic heterocycles. The molecule has 1 aromatic rings. The minimum Gasteiger partial charge on any atom is -0.379 e. The van der Waals surface area contributed by atoms with Crippen LogP contribution < -0.4 is 0 Å². The van der Waals surface area contributed by atoms with E-state index in [0.29, 0.717) is 19.8 Å². The average molecular weight is 659 g/mol. The van der Waals surface area contributed by atoms with Crippen LogP contribution in [-0.2, 0) is 20.8 Å². The standard InChI is InChI=1S/C44H82O3/c1-3-5-7-9-11-13-15-17-19-20-21-23-25-27-29-34-38-45-41-44(42-46-40-43-36-32-31-33-37-43)47-39-35-30-28-26-24-22-18-16-14-12-10-8-6-4-2/h31-33,36-37,44H,3-30,34-35,38-42H2,1-2H3/t44-/m1/s1. The van der Waals surface area contributed by atoms with E-state index in [2.05, 4.69) is 44.2 Å². The van der Waals surface area contributed by atoms with E-state index in [4.69, 9.17) is 14.2 Å². The van der Waals surface area contributed by atoms with Crippen molar-refractivity contribution in [2.45, 2.75) is 219 Å². The third kappa shape index (κ3) is 33.4. The summed E-state index contributed by atoms with van der Waals surface area (Å²) >= 11 is 0. The van der Waals surface area contributed by atoms with Crippen molar-refractivity contribution in [2.24, 2.45) is 0 Å². The highest BCUT2D eigenvalue weighted by molar-refractivity contribution is 5.13. The van der Waals surface area contributed by atoms with Crippen molar-refractivity contribution in [3.63, 3.8) is 0 Å². The lowest BCUT2D eigenvalue weighted by Crippen LogP contribution is -2.26. The molecule has 0 fully saturated rings. The van der Waals surface area contributed by atoms with Crippen LogP contribution in [0.1, 0.15) is 212 Å². The molecule has 0 aliphatic rings. The van der Waals surface area contributed by atoms with Crippen LogP contribution in [0.3, 0.4) is 0 Å². The minimum atomic E-state index is 0.0294. The fourth-order valence-corrected chi connectivity index (χ4v) is 6.54. The first-order chi connectivity index (χ1) is 23.4. The lowest BCUT2D eigenvalue weighted by Gasteiger charge is -2.18. The predicted molar refractivity (Wildman–Crippen MR) is 207 cm³/mol. The summed E-state index contributed by atoms with van der Waals surface area (Å²) in [6, 6.07) is 10.4. The van der Waals surface area contributed by atoms with Gasteiger partial charge >= 0.3 is 0 Å². The van der Waals surface area contributed by atoms with Crippen LogP contribution in [0.5, 0.6) is 0 Å². The van der Waals surface area contributed by atoms with Crippen molar-refractivity contribution in [1.82, 2.24) is 0 Å². The van der Waals surface area contributed by atoms with E-state index >= 15 is 0 Å². The molecule has 0 bridgehead atoms. The lowest BCUT2D eigenvalue weighted by atomic mass is 10.0. The van der Waals surface area contributed by atoms with E-state index in [1.807, 2.05) is 0 Å². The van der Waals surface area contributed by atoms with Crippen LogP contribution in [0.15, 0.2) is 30.3 Å². The van der Waals surface area contributed by atoms with Gasteiger partial charge in [-0.1, -0.05) is 224 Å². The molecule has 276 valence electrons. The topological polar surface area (TPSA) is 27.7 Å². The summed E-state index contributed by atoms with van der Waals surface area (Å²) in [5.41, 5.74) is 1.22. The highest BCUT2D eigenvalue weighted by atomic mass is 16.6. The van der Waals surface area contributed by atoms with Gasteiger partial charge in [0.1, 0.15) is 6.10 Å². The quantitative estimate of drug-likeness (QED) is 0.0659. The summed E-state index contributed by atoms with van der Waals surface area (Å²) in [5, 5.41) is 0. The second-order valence-corrected chi connectivity index (χ2v) is 14.5. The number of benzene rings is 1. The summed E-state index contributed by atoms with van der Waals surface area (Å²) in [7, 11) is 0. The Morgan fingerprint density at radius 2 is 0.723 bits per heavy atom. The SMILES string of the molecule is CCCCCCCCCCCCCCCCCCOC[C@H](COCc1ccccc1)OCCCCCCCCCCCCCCCC. The summed E-state index contributed by atoms with van der Waals surface area (Å²) in [4.78, 5) is 0. The monoisotopic (exact) mass is 659 g/mol. The molecule has 47 heavy (non-hydrogen) atoms. The fourth-order valence-electron chi connectivity index (χ4n) is 6.54. The van der Waals surface area contributed by atoms with Gasteiger partial charge in [0.2, 0.25) is 0 Å². The molecule has 1 atom stereocenters. The Hall–Kier alpha value is -0.900. The molecule has 0 aliphatic carbocycles. The van der Waals surface area contributed by atoms with Crippen molar-refractivity contribution in [3.8, 4) is 0 Å². The van der Waals surface area contributed by atoms with Gasteiger partial charge in [0.15, 0.2) is 0 Å². The molecule has 0 saturated carbocycles. The molecule has 3 nitrogen and oxygen atoms in total. The van der Waals surface area contributed by atoms with Crippen LogP contribution in [0.2, 0.25) is 0 Å². The molecule has 0 radical (unpaired) electrons. The number of unbranched alkanes of at least 4 members (excludes halogenated alkanes) is 28. The highest BCUT2D eigenvalue weighted by Gasteiger charge is 2.10. The van der Waals surface area contributed by atoms with E-state index in [0.717, 1.165) is 26.1 Å². The summed E-state index contributed by atoms with van der Waals surface area (Å²) < 4.78 is 18.4. The Kier molecular flexibility index (Phi) is 35.6. The van der Waals surface area contributed by atoms with Gasteiger partial charge < -0.3 is 14.2 Å². The van der Waals surface area contributed by atoms with Crippen molar-refractivity contribution in [2.75, 3.05) is 26.4 Å². The molecule has 1 rings (SSSR count). The van der Waals surface area contributed by atoms with E-state index in [1.165, 1.54) is 185 Å². The zero-order chi connectivity index (χ0) is 33.6. The first kappa shape index (κ1) is 44.1. The third-order valence-electron chi connectivity index (χ3n) is 9.71. The van der Waals surface area contributed by atoms with Crippen molar-refractivity contribution in [3.05, 3.63) is 35.9 Å². The van der Waals surface area contributed by atoms with Crippen LogP contribution >= 0.6 is 0 Å². The van der Waals surface area contributed by atoms with Gasteiger partial charge in [0.05, 0.1) is 19.8 Å². The van der Waals surface area contributed by atoms with E-state index in [-0.39, 0.29) is 6.10 Å². The largest absolute Gasteiger partial charge is 0.379 e. The highest BCUT2D eigenvalue weighted by Crippen LogP contribution is 2.15. The molecule has 0 aromatic heterocycles. The molecule has 0 saturated heterocycles. The van der Waals surface area contributed by atoms with Gasteiger partial charge in [-0.3, -0.25) is 0 Å². The van der Waals surface area contributed by atoms with Crippen LogP contribution in [0.25, 0.3) is 0 Å². The van der Waals surface area contributed by atoms with Crippen LogP contribution in [-0.4, -0.2) is 32.5 Å². The van der Waals surface area contributed by atoms with Crippen molar-refractivity contribution in [1.29, 1.82) is 0 Å². The Morgan fingerprint density at radius 3 is 1.13 bits per heavy atom. The first-order valence-corrected chi connectivity index (χ1v) is 21.2. The Morgan fingerprint density at radius 1 is 0.383 bits per heavy atom. The van der Waals surface area contributed by atoms with Gasteiger partial charge in [0, 0.05) is 13.2 Å². The zero-order valence-electron chi connectivity index (χ0n) is 31.9. The number of hydrogen-bond acceptors (Lipinski definition) is 3. The molecule has 0 spiro atoms. The molecule has 0 N–H and O–H groups in total. The van der Waals surface area contributed by atoms with E-state index in [9.17, 15) is 0 Å². The Bertz CT molecular complexity index is 693. The van der Waals surface area contributed by atoms with E-state index in [1.54, 1.807) is 0 Å². The summed E-state index contributed by atoms with van der Waals surface area (Å²) in [6.07, 6.45) is 41.8. The second-order valence-electron chi connectivity index (χ2n) is 14.5. The maximum absolute atomic E-state index is 6.27. The molecule has 0 unspecified atom stereocenters. The number of hydrogen-bond donors (Lipinski definition) is 0. The number of ether oxygens (including phenoxy) is 3. The molecule has 0 amide bonds. The fraction of sp³-hybridized carbons (Fsp3) is 0.864. The van der Waals surface area contributed by atoms with Gasteiger partial charge in [-0.05, 0) is 18.4 Å². The van der Waals surface area contributed by atoms with Gasteiger partial charge in [-0.25, -0.2) is 0 Å². The van der Waals surface area contributed by atoms with Crippen LogP contribution in [0, 0.1) is 0 Å². The molecular formula is C44H82O3. The Balaban J connectivity index is 2.01. The van der Waals surface area contributed by atoms with Gasteiger partial charge in [-0.15, -0.1) is 0 Å². The normalized spacial score (nSPS) is 12.2. The van der Waals surface area contributed by atoms with Crippen molar-refractivity contribution >= 4 is 0 Å². The second kappa shape index (κ2) is 37.9. The van der Waals surface area contributed by atoms with E-state index < -0.39 is 0 Å². The maximum atomic E-state index is 6.27. The Labute approximate surface area is 295 Å². The maximum Gasteiger partial charge on any atom is 0.104 e. The predicted octanol–water partition coefficient (Wildman–Crippen LogP) is 14.3. The third-order valence-corrected chi connectivity index (χ3v) is 9.71. The minimum absolute atomic E-state index is 0.0294. The van der Waals surface area contributed by atoms with Gasteiger partial charge in [0.25, 0.3) is 0 Å². The number of rotatable bonds is 39. The lowest BCUT2D eigenvalue weighted by molar-refractivity contribution is -0.0645. The molecule has 0 heterocycles. The van der Waals surface area contributed by atoms with Crippen LogP contribution in [0.4, 0.5) is 0 Å². The zero-order valence-corrected chi connectivity index (χ0v) is 31.9. The molecule has 1 aromatic carbocycles. The van der Waals surface area contributed by atoms with Gasteiger partial charge in [-0.2, -0.15) is 0 Å². The summed E-state index contributed by atoms with van der Waals surface area (Å²) in [5.74, 6) is 0. The average Bonchev–Trinajstić information content (AvgIpc) is 3.09. The summed E-state index contributed by atoms with van der Waals surface area (Å²) in [6.45, 7) is 8.15.